The topological polar surface area (TPSA) is 35.0 Å². The second-order valence-corrected chi connectivity index (χ2v) is 3.73. The Morgan fingerprint density at radius 3 is 2.79 bits per heavy atom. The molecule has 78 valence electrons. The van der Waals surface area contributed by atoms with Crippen molar-refractivity contribution in [2.24, 2.45) is 0 Å². The van der Waals surface area contributed by atoms with Crippen LogP contribution in [-0.2, 0) is 11.3 Å². The first-order valence-electron chi connectivity index (χ1n) is 4.69. The molecule has 1 aromatic heterocycles. The van der Waals surface area contributed by atoms with Crippen molar-refractivity contribution in [1.29, 1.82) is 0 Å². The zero-order chi connectivity index (χ0) is 10.6. The molecule has 0 bridgehead atoms. The summed E-state index contributed by atoms with van der Waals surface area (Å²) in [7, 11) is 0. The minimum absolute atomic E-state index is 0.0452. The van der Waals surface area contributed by atoms with E-state index in [1.54, 1.807) is 6.20 Å². The van der Waals surface area contributed by atoms with Crippen LogP contribution in [0.2, 0.25) is 0 Å². The van der Waals surface area contributed by atoms with Gasteiger partial charge in [0.2, 0.25) is 0 Å². The summed E-state index contributed by atoms with van der Waals surface area (Å²) < 4.78 is 5.22. The van der Waals surface area contributed by atoms with E-state index in [1.165, 1.54) is 0 Å². The Hall–Kier alpha value is -0.670. The molecule has 0 N–H and O–H groups in total. The van der Waals surface area contributed by atoms with Gasteiger partial charge >= 0.3 is 0 Å². The van der Waals surface area contributed by atoms with Crippen LogP contribution in [0.5, 0.6) is 0 Å². The van der Waals surface area contributed by atoms with Gasteiger partial charge in [0.1, 0.15) is 6.61 Å². The minimum atomic E-state index is -0.0452. The van der Waals surface area contributed by atoms with Crippen LogP contribution in [0, 0.1) is 6.92 Å². The van der Waals surface area contributed by atoms with Gasteiger partial charge in [0.15, 0.2) is 5.82 Å². The van der Waals surface area contributed by atoms with Crippen molar-refractivity contribution in [3.8, 4) is 0 Å². The molecular weight excluding hydrogens is 200 g/mol. The lowest BCUT2D eigenvalue weighted by atomic mass is 10.2. The van der Waals surface area contributed by atoms with E-state index in [2.05, 4.69) is 9.97 Å². The van der Waals surface area contributed by atoms with E-state index in [4.69, 9.17) is 16.3 Å². The van der Waals surface area contributed by atoms with Gasteiger partial charge in [-0.1, -0.05) is 0 Å². The first-order chi connectivity index (χ1) is 6.65. The molecule has 3 nitrogen and oxygen atoms in total. The third-order valence-electron chi connectivity index (χ3n) is 1.93. The molecule has 1 rings (SSSR count). The van der Waals surface area contributed by atoms with Crippen molar-refractivity contribution < 1.29 is 4.74 Å². The van der Waals surface area contributed by atoms with E-state index in [9.17, 15) is 0 Å². The third-order valence-corrected chi connectivity index (χ3v) is 2.17. The van der Waals surface area contributed by atoms with Crippen LogP contribution in [0.3, 0.4) is 0 Å². The fraction of sp³-hybridized carbons (Fsp3) is 0.600. The first-order valence-corrected chi connectivity index (χ1v) is 5.13. The number of alkyl halides is 1. The number of aromatic nitrogens is 2. The smallest absolute Gasteiger partial charge is 0.154 e. The van der Waals surface area contributed by atoms with Crippen LogP contribution in [0.15, 0.2) is 6.20 Å². The summed E-state index contributed by atoms with van der Waals surface area (Å²) in [5.41, 5.74) is 1.91. The van der Waals surface area contributed by atoms with Crippen LogP contribution in [0.1, 0.15) is 36.3 Å². The van der Waals surface area contributed by atoms with Gasteiger partial charge in [-0.3, -0.25) is 0 Å². The second kappa shape index (κ2) is 5.27. The summed E-state index contributed by atoms with van der Waals surface area (Å²) in [5.74, 6) is 0.713. The monoisotopic (exact) mass is 214 g/mol. The predicted octanol–water partition coefficient (Wildman–Crippen LogP) is 2.62. The van der Waals surface area contributed by atoms with Crippen molar-refractivity contribution in [3.63, 3.8) is 0 Å². The van der Waals surface area contributed by atoms with Gasteiger partial charge in [0.25, 0.3) is 0 Å². The van der Waals surface area contributed by atoms with E-state index < -0.39 is 0 Å². The van der Waals surface area contributed by atoms with Gasteiger partial charge in [-0.15, -0.1) is 11.6 Å². The van der Waals surface area contributed by atoms with Crippen molar-refractivity contribution in [2.75, 3.05) is 6.61 Å². The highest BCUT2D eigenvalue weighted by Gasteiger charge is 2.07. The Bertz CT molecular complexity index is 302. The van der Waals surface area contributed by atoms with Crippen molar-refractivity contribution in [1.82, 2.24) is 9.97 Å². The van der Waals surface area contributed by atoms with Crippen molar-refractivity contribution >= 4 is 11.6 Å². The summed E-state index contributed by atoms with van der Waals surface area (Å²) in [6, 6.07) is 0. The van der Waals surface area contributed by atoms with Crippen molar-refractivity contribution in [2.45, 2.75) is 32.8 Å². The Morgan fingerprint density at radius 1 is 1.57 bits per heavy atom. The highest BCUT2D eigenvalue weighted by molar-refractivity contribution is 6.20. The highest BCUT2D eigenvalue weighted by atomic mass is 35.5. The molecular formula is C10H15ClN2O. The Labute approximate surface area is 89.5 Å². The standard InChI is InChI=1S/C10H15ClN2O/c1-4-14-6-10-12-5-9(7(2)11)8(3)13-10/h5,7H,4,6H2,1-3H3. The predicted molar refractivity (Wildman–Crippen MR) is 56.4 cm³/mol. The maximum absolute atomic E-state index is 5.95. The molecule has 0 spiro atoms. The first kappa shape index (κ1) is 11.4. The van der Waals surface area contributed by atoms with Gasteiger partial charge in [0, 0.05) is 24.1 Å². The molecule has 4 heteroatoms. The van der Waals surface area contributed by atoms with Crippen LogP contribution in [-0.4, -0.2) is 16.6 Å². The Kier molecular flexibility index (Phi) is 4.29. The fourth-order valence-corrected chi connectivity index (χ4v) is 1.39. The van der Waals surface area contributed by atoms with E-state index in [0.29, 0.717) is 19.0 Å². The molecule has 0 aliphatic carbocycles. The largest absolute Gasteiger partial charge is 0.374 e. The molecule has 0 aromatic carbocycles. The van der Waals surface area contributed by atoms with E-state index in [-0.39, 0.29) is 5.38 Å². The molecule has 0 saturated carbocycles. The second-order valence-electron chi connectivity index (χ2n) is 3.08. The lowest BCUT2D eigenvalue weighted by Gasteiger charge is -2.08. The van der Waals surface area contributed by atoms with E-state index >= 15 is 0 Å². The normalized spacial score (nSPS) is 12.9. The molecule has 0 fully saturated rings. The summed E-state index contributed by atoms with van der Waals surface area (Å²) >= 11 is 5.95. The fourth-order valence-electron chi connectivity index (χ4n) is 1.18. The average molecular weight is 215 g/mol. The molecule has 0 aliphatic heterocycles. The molecule has 1 aromatic rings. The third kappa shape index (κ3) is 2.93. The SMILES string of the molecule is CCOCc1ncc(C(C)Cl)c(C)n1. The molecule has 0 amide bonds. The van der Waals surface area contributed by atoms with Gasteiger partial charge in [-0.05, 0) is 20.8 Å². The Balaban J connectivity index is 2.78. The highest BCUT2D eigenvalue weighted by Crippen LogP contribution is 2.20. The molecule has 0 radical (unpaired) electrons. The number of hydrogen-bond acceptors (Lipinski definition) is 3. The van der Waals surface area contributed by atoms with E-state index in [0.717, 1.165) is 11.3 Å². The molecule has 0 aliphatic rings. The average Bonchev–Trinajstić information content (AvgIpc) is 2.14. The number of aryl methyl sites for hydroxylation is 1. The maximum Gasteiger partial charge on any atom is 0.154 e. The zero-order valence-corrected chi connectivity index (χ0v) is 9.51. The number of halogens is 1. The number of ether oxygens (including phenoxy) is 1. The lowest BCUT2D eigenvalue weighted by Crippen LogP contribution is -2.03. The molecule has 1 atom stereocenters. The zero-order valence-electron chi connectivity index (χ0n) is 8.75. The van der Waals surface area contributed by atoms with Gasteiger partial charge in [0.05, 0.1) is 5.38 Å². The van der Waals surface area contributed by atoms with Crippen LogP contribution < -0.4 is 0 Å². The molecule has 1 heterocycles. The van der Waals surface area contributed by atoms with Gasteiger partial charge in [-0.25, -0.2) is 9.97 Å². The number of hydrogen-bond donors (Lipinski definition) is 0. The summed E-state index contributed by atoms with van der Waals surface area (Å²) in [5, 5.41) is -0.0452. The Morgan fingerprint density at radius 2 is 2.29 bits per heavy atom. The maximum atomic E-state index is 5.95. The van der Waals surface area contributed by atoms with Crippen molar-refractivity contribution in [3.05, 3.63) is 23.3 Å². The van der Waals surface area contributed by atoms with Crippen LogP contribution in [0.25, 0.3) is 0 Å². The summed E-state index contributed by atoms with van der Waals surface area (Å²) in [6.07, 6.45) is 1.77. The number of rotatable bonds is 4. The molecule has 1 unspecified atom stereocenters. The van der Waals surface area contributed by atoms with Crippen LogP contribution >= 0.6 is 11.6 Å². The van der Waals surface area contributed by atoms with Gasteiger partial charge in [-0.2, -0.15) is 0 Å². The molecule has 14 heavy (non-hydrogen) atoms. The summed E-state index contributed by atoms with van der Waals surface area (Å²) in [4.78, 5) is 8.49. The lowest BCUT2D eigenvalue weighted by molar-refractivity contribution is 0.128. The molecule has 0 saturated heterocycles. The van der Waals surface area contributed by atoms with Gasteiger partial charge < -0.3 is 4.74 Å². The minimum Gasteiger partial charge on any atom is -0.374 e. The van der Waals surface area contributed by atoms with Crippen LogP contribution in [0.4, 0.5) is 0 Å². The number of nitrogens with zero attached hydrogens (tertiary/aromatic N) is 2. The quantitative estimate of drug-likeness (QED) is 0.723. The summed E-state index contributed by atoms with van der Waals surface area (Å²) in [6.45, 7) is 6.94. The van der Waals surface area contributed by atoms with E-state index in [1.807, 2.05) is 20.8 Å².